The van der Waals surface area contributed by atoms with Crippen LogP contribution in [-0.4, -0.2) is 33.7 Å². The average molecular weight is 757 g/mol. The Morgan fingerprint density at radius 1 is 0.312 bits per heavy atom. The molecule has 0 radical (unpaired) electrons. The summed E-state index contributed by atoms with van der Waals surface area (Å²) in [5, 5.41) is 0. The molecular formula is C28H32F4N4O8S4. The van der Waals surface area contributed by atoms with Gasteiger partial charge in [-0.25, -0.2) is 0 Å². The summed E-state index contributed by atoms with van der Waals surface area (Å²) in [7, 11) is -18.6. The van der Waals surface area contributed by atoms with Gasteiger partial charge in [0.05, 0.1) is 22.7 Å². The van der Waals surface area contributed by atoms with Gasteiger partial charge in [-0.15, -0.1) is 0 Å². The lowest BCUT2D eigenvalue weighted by atomic mass is 10.2. The Kier molecular flexibility index (Phi) is 15.8. The second-order valence-corrected chi connectivity index (χ2v) is 13.9. The number of rotatable bonds is 8. The minimum absolute atomic E-state index is 0.225. The largest absolute Gasteiger partial charge is 0.396 e. The molecule has 20 heteroatoms. The molecule has 0 unspecified atom stereocenters. The molecule has 0 aliphatic rings. The summed E-state index contributed by atoms with van der Waals surface area (Å²) in [4.78, 5) is 0. The summed E-state index contributed by atoms with van der Waals surface area (Å²) in [6, 6.07) is 25.4. The van der Waals surface area contributed by atoms with Crippen molar-refractivity contribution in [2.75, 3.05) is 18.9 Å². The molecule has 0 saturated heterocycles. The first-order valence-corrected chi connectivity index (χ1v) is 18.6. The molecule has 0 aliphatic carbocycles. The highest BCUT2D eigenvalue weighted by Gasteiger charge is 2.07. The van der Waals surface area contributed by atoms with Crippen LogP contribution in [0, 0.1) is 27.7 Å². The molecule has 0 aromatic heterocycles. The standard InChI is InChI=1S/4C7H8FNO2S/c4*1-6-2-4-7(5-3-6)9-12(8,10)11/h4*2-5,9H,1H3. The minimum atomic E-state index is -4.64. The highest BCUT2D eigenvalue weighted by Crippen LogP contribution is 2.13. The SMILES string of the molecule is Cc1ccc(NS(=O)(=O)F)cc1.Cc1ccc(NS(=O)(=O)F)cc1.Cc1ccc(NS(=O)(=O)F)cc1.Cc1ccc(NS(=O)(=O)F)cc1. The van der Waals surface area contributed by atoms with Gasteiger partial charge in [-0.3, -0.25) is 18.9 Å². The second-order valence-electron chi connectivity index (χ2n) is 9.62. The quantitative estimate of drug-likeness (QED) is 0.116. The summed E-state index contributed by atoms with van der Waals surface area (Å²) >= 11 is 0. The van der Waals surface area contributed by atoms with Crippen molar-refractivity contribution in [3.63, 3.8) is 0 Å². The summed E-state index contributed by atoms with van der Waals surface area (Å²) in [6.07, 6.45) is 0. The average Bonchev–Trinajstić information content (AvgIpc) is 2.92. The van der Waals surface area contributed by atoms with E-state index in [9.17, 15) is 49.2 Å². The maximum Gasteiger partial charge on any atom is 0.396 e. The summed E-state index contributed by atoms with van der Waals surface area (Å²) in [6.45, 7) is 7.42. The van der Waals surface area contributed by atoms with Crippen molar-refractivity contribution in [3.05, 3.63) is 119 Å². The lowest BCUT2D eigenvalue weighted by Gasteiger charge is -1.99. The van der Waals surface area contributed by atoms with Crippen LogP contribution < -0.4 is 18.9 Å². The Bertz CT molecular complexity index is 1730. The third-order valence-corrected chi connectivity index (χ3v) is 7.08. The lowest BCUT2D eigenvalue weighted by molar-refractivity contribution is 0.556. The van der Waals surface area contributed by atoms with Crippen molar-refractivity contribution < 1.29 is 49.2 Å². The lowest BCUT2D eigenvalue weighted by Crippen LogP contribution is -2.04. The Labute approximate surface area is 278 Å². The van der Waals surface area contributed by atoms with Crippen LogP contribution in [0.3, 0.4) is 0 Å². The Morgan fingerprint density at radius 3 is 0.542 bits per heavy atom. The van der Waals surface area contributed by atoms with E-state index < -0.39 is 41.6 Å². The number of benzene rings is 4. The van der Waals surface area contributed by atoms with Gasteiger partial charge in [-0.2, -0.15) is 33.7 Å². The maximum absolute atomic E-state index is 12.0. The molecule has 4 aromatic rings. The van der Waals surface area contributed by atoms with E-state index >= 15 is 0 Å². The molecule has 4 N–H and O–H groups in total. The number of hydrogen-bond acceptors (Lipinski definition) is 8. The zero-order valence-corrected chi connectivity index (χ0v) is 28.9. The van der Waals surface area contributed by atoms with Crippen LogP contribution in [0.4, 0.5) is 38.3 Å². The molecule has 0 aliphatic heterocycles. The van der Waals surface area contributed by atoms with Crippen LogP contribution in [0.2, 0.25) is 0 Å². The Balaban J connectivity index is 0.000000320. The van der Waals surface area contributed by atoms with Gasteiger partial charge in [0.25, 0.3) is 0 Å². The third-order valence-electron chi connectivity index (χ3n) is 5.17. The van der Waals surface area contributed by atoms with Gasteiger partial charge < -0.3 is 0 Å². The van der Waals surface area contributed by atoms with Crippen LogP contribution in [0.5, 0.6) is 0 Å². The van der Waals surface area contributed by atoms with Gasteiger partial charge in [-0.05, 0) is 76.2 Å². The van der Waals surface area contributed by atoms with Crippen LogP contribution in [0.15, 0.2) is 97.1 Å². The fraction of sp³-hybridized carbons (Fsp3) is 0.143. The molecule has 0 saturated carbocycles. The monoisotopic (exact) mass is 756 g/mol. The number of aryl methyl sites for hydroxylation is 4. The van der Waals surface area contributed by atoms with Gasteiger partial charge in [0.1, 0.15) is 0 Å². The zero-order chi connectivity index (χ0) is 36.8. The Hall–Kier alpha value is -4.40. The van der Waals surface area contributed by atoms with Gasteiger partial charge in [-0.1, -0.05) is 86.3 Å². The number of hydrogen-bond donors (Lipinski definition) is 4. The second kappa shape index (κ2) is 18.2. The minimum Gasteiger partial charge on any atom is -0.257 e. The van der Waals surface area contributed by atoms with Crippen LogP contribution >= 0.6 is 0 Å². The van der Waals surface area contributed by atoms with Crippen LogP contribution in [0.25, 0.3) is 0 Å². The van der Waals surface area contributed by atoms with Gasteiger partial charge in [0.2, 0.25) is 0 Å². The predicted octanol–water partition coefficient (Wildman–Crippen LogP) is 6.48. The molecular weight excluding hydrogens is 725 g/mol. The van der Waals surface area contributed by atoms with Crippen molar-refractivity contribution in [1.82, 2.24) is 0 Å². The first kappa shape index (κ1) is 41.6. The van der Waals surface area contributed by atoms with E-state index in [1.165, 1.54) is 48.5 Å². The number of halogens is 4. The zero-order valence-electron chi connectivity index (χ0n) is 25.6. The van der Waals surface area contributed by atoms with E-state index in [-0.39, 0.29) is 22.7 Å². The van der Waals surface area contributed by atoms with Gasteiger partial charge in [0.15, 0.2) is 0 Å². The van der Waals surface area contributed by atoms with E-state index in [1.807, 2.05) is 27.7 Å². The van der Waals surface area contributed by atoms with Crippen LogP contribution in [-0.2, 0) is 41.6 Å². The first-order valence-electron chi connectivity index (χ1n) is 13.1. The van der Waals surface area contributed by atoms with E-state index in [0.29, 0.717) is 0 Å². The van der Waals surface area contributed by atoms with Crippen molar-refractivity contribution >= 4 is 64.4 Å². The molecule has 12 nitrogen and oxygen atoms in total. The van der Waals surface area contributed by atoms with Crippen molar-refractivity contribution in [2.24, 2.45) is 0 Å². The molecule has 0 atom stereocenters. The smallest absolute Gasteiger partial charge is 0.257 e. The normalized spacial score (nSPS) is 11.2. The molecule has 4 rings (SSSR count). The predicted molar refractivity (Wildman–Crippen MR) is 179 cm³/mol. The fourth-order valence-corrected chi connectivity index (χ4v) is 4.72. The molecule has 0 amide bonds. The molecule has 48 heavy (non-hydrogen) atoms. The van der Waals surface area contributed by atoms with Crippen molar-refractivity contribution in [3.8, 4) is 0 Å². The molecule has 0 bridgehead atoms. The van der Waals surface area contributed by atoms with Crippen molar-refractivity contribution in [1.29, 1.82) is 0 Å². The summed E-state index contributed by atoms with van der Waals surface area (Å²) in [5.41, 5.74) is 4.83. The molecule has 0 fully saturated rings. The molecule has 264 valence electrons. The Morgan fingerprint density at radius 2 is 0.438 bits per heavy atom. The number of anilines is 4. The van der Waals surface area contributed by atoms with E-state index in [2.05, 4.69) is 0 Å². The topological polar surface area (TPSA) is 185 Å². The maximum atomic E-state index is 12.0. The highest BCUT2D eigenvalue weighted by molar-refractivity contribution is 7.88. The van der Waals surface area contributed by atoms with Crippen molar-refractivity contribution in [2.45, 2.75) is 27.7 Å². The summed E-state index contributed by atoms with van der Waals surface area (Å²) < 4.78 is 136. The third kappa shape index (κ3) is 22.2. The van der Waals surface area contributed by atoms with E-state index in [1.54, 1.807) is 67.4 Å². The van der Waals surface area contributed by atoms with E-state index in [0.717, 1.165) is 22.3 Å². The van der Waals surface area contributed by atoms with Crippen LogP contribution in [0.1, 0.15) is 22.3 Å². The summed E-state index contributed by atoms with van der Waals surface area (Å²) in [5.74, 6) is 0. The first-order chi connectivity index (χ1) is 21.9. The molecule has 0 spiro atoms. The molecule has 4 aromatic carbocycles. The fourth-order valence-electron chi connectivity index (χ4n) is 3.05. The van der Waals surface area contributed by atoms with E-state index in [4.69, 9.17) is 0 Å². The van der Waals surface area contributed by atoms with Gasteiger partial charge in [0, 0.05) is 0 Å². The van der Waals surface area contributed by atoms with Gasteiger partial charge >= 0.3 is 41.6 Å². The number of nitrogens with one attached hydrogen (secondary N) is 4. The highest BCUT2D eigenvalue weighted by atomic mass is 32.3. The molecule has 0 heterocycles.